The maximum absolute atomic E-state index is 15.3. The fourth-order valence-corrected chi connectivity index (χ4v) is 5.15. The average Bonchev–Trinajstić information content (AvgIpc) is 2.87. The molecule has 2 aromatic heterocycles. The van der Waals surface area contributed by atoms with Crippen molar-refractivity contribution in [3.8, 4) is 11.3 Å². The maximum atomic E-state index is 15.3. The minimum absolute atomic E-state index is 0.0150. The molecule has 10 heteroatoms. The minimum Gasteiger partial charge on any atom is -0.481 e. The highest BCUT2D eigenvalue weighted by atomic mass is 19.1. The molecule has 1 saturated carbocycles. The van der Waals surface area contributed by atoms with Crippen molar-refractivity contribution in [1.29, 1.82) is 0 Å². The van der Waals surface area contributed by atoms with E-state index in [0.29, 0.717) is 18.5 Å². The predicted molar refractivity (Wildman–Crippen MR) is 142 cm³/mol. The summed E-state index contributed by atoms with van der Waals surface area (Å²) in [6.45, 7) is 6.35. The Morgan fingerprint density at radius 2 is 1.85 bits per heavy atom. The van der Waals surface area contributed by atoms with Crippen molar-refractivity contribution in [1.82, 2.24) is 9.97 Å². The summed E-state index contributed by atoms with van der Waals surface area (Å²) >= 11 is 0. The van der Waals surface area contributed by atoms with E-state index >= 15 is 4.39 Å². The number of nitrogens with one attached hydrogen (secondary N) is 1. The van der Waals surface area contributed by atoms with E-state index in [1.807, 2.05) is 6.92 Å². The van der Waals surface area contributed by atoms with Gasteiger partial charge in [-0.25, -0.2) is 13.8 Å². The van der Waals surface area contributed by atoms with E-state index in [1.54, 1.807) is 12.3 Å². The molecule has 1 aromatic carbocycles. The molecule has 3 aromatic rings. The van der Waals surface area contributed by atoms with Crippen LogP contribution < -0.4 is 11.1 Å². The summed E-state index contributed by atoms with van der Waals surface area (Å²) < 4.78 is 30.1. The highest BCUT2D eigenvalue weighted by Crippen LogP contribution is 2.39. The SMILES string of the molecule is Cc1cc(C(C)(C)C(=O)O)cc(F)c1-c1nc(C(=O)Nc2cnccc2[C@H]2C[C@@H](N)[C@H](O)[C@@H](C)C2)ccc1F. The van der Waals surface area contributed by atoms with Gasteiger partial charge in [0.2, 0.25) is 0 Å². The number of aliphatic hydroxyl groups excluding tert-OH is 1. The second-order valence-corrected chi connectivity index (χ2v) is 10.8. The lowest BCUT2D eigenvalue weighted by Crippen LogP contribution is -2.44. The maximum Gasteiger partial charge on any atom is 0.313 e. The first-order chi connectivity index (χ1) is 18.3. The second-order valence-electron chi connectivity index (χ2n) is 10.8. The number of anilines is 1. The summed E-state index contributed by atoms with van der Waals surface area (Å²) in [6.07, 6.45) is 3.72. The van der Waals surface area contributed by atoms with Crippen LogP contribution in [0.2, 0.25) is 0 Å². The van der Waals surface area contributed by atoms with Crippen LogP contribution in [-0.4, -0.2) is 44.2 Å². The number of halogens is 2. The summed E-state index contributed by atoms with van der Waals surface area (Å²) in [4.78, 5) is 33.1. The molecule has 2 heterocycles. The number of rotatable bonds is 6. The third-order valence-electron chi connectivity index (χ3n) is 7.64. The number of nitrogens with two attached hydrogens (primary N) is 1. The molecule has 0 radical (unpaired) electrons. The van der Waals surface area contributed by atoms with Gasteiger partial charge < -0.3 is 21.3 Å². The molecule has 0 aliphatic heterocycles. The number of amides is 1. The Labute approximate surface area is 225 Å². The number of aliphatic carboxylic acids is 1. The summed E-state index contributed by atoms with van der Waals surface area (Å²) in [5.41, 5.74) is 5.88. The van der Waals surface area contributed by atoms with Crippen molar-refractivity contribution in [3.63, 3.8) is 0 Å². The van der Waals surface area contributed by atoms with Crippen LogP contribution in [0.5, 0.6) is 0 Å². The minimum atomic E-state index is -1.36. The molecule has 1 aliphatic rings. The van der Waals surface area contributed by atoms with Crippen LogP contribution in [0, 0.1) is 24.5 Å². The molecule has 39 heavy (non-hydrogen) atoms. The Kier molecular flexibility index (Phi) is 7.81. The van der Waals surface area contributed by atoms with Gasteiger partial charge in [-0.1, -0.05) is 13.0 Å². The quantitative estimate of drug-likeness (QED) is 0.361. The first-order valence-corrected chi connectivity index (χ1v) is 12.7. The first kappa shape index (κ1) is 28.3. The van der Waals surface area contributed by atoms with Gasteiger partial charge in [0.15, 0.2) is 0 Å². The van der Waals surface area contributed by atoms with Crippen molar-refractivity contribution in [3.05, 3.63) is 76.7 Å². The van der Waals surface area contributed by atoms with Gasteiger partial charge in [-0.3, -0.25) is 14.6 Å². The topological polar surface area (TPSA) is 138 Å². The zero-order valence-corrected chi connectivity index (χ0v) is 22.2. The largest absolute Gasteiger partial charge is 0.481 e. The van der Waals surface area contributed by atoms with Crippen molar-refractivity contribution >= 4 is 17.6 Å². The van der Waals surface area contributed by atoms with Gasteiger partial charge in [0.1, 0.15) is 23.0 Å². The molecule has 4 rings (SSSR count). The van der Waals surface area contributed by atoms with Crippen molar-refractivity contribution in [2.24, 2.45) is 11.7 Å². The molecule has 1 fully saturated rings. The average molecular weight is 539 g/mol. The molecule has 1 aliphatic carbocycles. The Morgan fingerprint density at radius 1 is 1.13 bits per heavy atom. The van der Waals surface area contributed by atoms with Crippen LogP contribution in [0.1, 0.15) is 66.7 Å². The second kappa shape index (κ2) is 10.8. The molecule has 0 saturated heterocycles. The van der Waals surface area contributed by atoms with Crippen LogP contribution in [0.25, 0.3) is 11.3 Å². The van der Waals surface area contributed by atoms with E-state index in [-0.39, 0.29) is 39.9 Å². The van der Waals surface area contributed by atoms with Gasteiger partial charge in [-0.2, -0.15) is 0 Å². The summed E-state index contributed by atoms with van der Waals surface area (Å²) in [6, 6.07) is 6.17. The van der Waals surface area contributed by atoms with Crippen LogP contribution >= 0.6 is 0 Å². The van der Waals surface area contributed by atoms with Gasteiger partial charge in [0.05, 0.1) is 23.4 Å². The van der Waals surface area contributed by atoms with Gasteiger partial charge in [-0.15, -0.1) is 0 Å². The molecule has 5 N–H and O–H groups in total. The molecule has 4 atom stereocenters. The number of pyridine rings is 2. The summed E-state index contributed by atoms with van der Waals surface area (Å²) in [7, 11) is 0. The van der Waals surface area contributed by atoms with E-state index in [0.717, 1.165) is 17.7 Å². The zero-order valence-electron chi connectivity index (χ0n) is 22.2. The van der Waals surface area contributed by atoms with E-state index in [9.17, 15) is 24.2 Å². The normalized spacial score (nSPS) is 21.4. The fraction of sp³-hybridized carbons (Fsp3) is 0.379. The van der Waals surface area contributed by atoms with Crippen LogP contribution in [0.3, 0.4) is 0 Å². The summed E-state index contributed by atoms with van der Waals surface area (Å²) in [5, 5.41) is 22.5. The lowest BCUT2D eigenvalue weighted by Gasteiger charge is -2.36. The van der Waals surface area contributed by atoms with Crippen molar-refractivity contribution in [2.45, 2.75) is 64.0 Å². The van der Waals surface area contributed by atoms with Crippen molar-refractivity contribution in [2.75, 3.05) is 5.32 Å². The number of carboxylic acid groups (broad SMARTS) is 1. The third kappa shape index (κ3) is 5.53. The highest BCUT2D eigenvalue weighted by molar-refractivity contribution is 6.03. The number of carboxylic acids is 1. The fourth-order valence-electron chi connectivity index (χ4n) is 5.15. The van der Waals surface area contributed by atoms with E-state index in [2.05, 4.69) is 15.3 Å². The molecular formula is C29H32F2N4O4. The van der Waals surface area contributed by atoms with Gasteiger partial charge in [0.25, 0.3) is 5.91 Å². The van der Waals surface area contributed by atoms with Gasteiger partial charge in [-0.05, 0) is 86.4 Å². The van der Waals surface area contributed by atoms with Crippen LogP contribution in [0.4, 0.5) is 14.5 Å². The van der Waals surface area contributed by atoms with Crippen LogP contribution in [-0.2, 0) is 10.2 Å². The standard InChI is InChI=1S/C29H32F2N4O4/c1-14-10-17(29(3,4)28(38)39)12-20(31)24(14)25-19(30)5-6-22(34-25)27(37)35-23-13-33-8-7-18(23)16-9-15(2)26(36)21(32)11-16/h5-8,10,12-13,15-16,21,26,36H,9,11,32H2,1-4H3,(H,35,37)(H,38,39)/t15-,16+,21+,26+/m0/s1. The number of aryl methyl sites for hydroxylation is 1. The lowest BCUT2D eigenvalue weighted by molar-refractivity contribution is -0.142. The Bertz CT molecular complexity index is 1390. The monoisotopic (exact) mass is 538 g/mol. The molecule has 0 unspecified atom stereocenters. The van der Waals surface area contributed by atoms with E-state index < -0.39 is 41.1 Å². The highest BCUT2D eigenvalue weighted by Gasteiger charge is 2.34. The number of aromatic nitrogens is 2. The van der Waals surface area contributed by atoms with Gasteiger partial charge >= 0.3 is 5.97 Å². The zero-order chi connectivity index (χ0) is 28.6. The number of hydrogen-bond donors (Lipinski definition) is 4. The summed E-state index contributed by atoms with van der Waals surface area (Å²) in [5.74, 6) is -3.48. The first-order valence-electron chi connectivity index (χ1n) is 12.7. The van der Waals surface area contributed by atoms with Crippen molar-refractivity contribution < 1.29 is 28.6 Å². The Balaban J connectivity index is 1.65. The molecule has 0 spiro atoms. The van der Waals surface area contributed by atoms with E-state index in [4.69, 9.17) is 5.73 Å². The lowest BCUT2D eigenvalue weighted by atomic mass is 9.74. The van der Waals surface area contributed by atoms with Crippen LogP contribution in [0.15, 0.2) is 42.7 Å². The number of benzene rings is 1. The molecular weight excluding hydrogens is 506 g/mol. The molecule has 1 amide bonds. The number of carbonyl (C=O) groups excluding carboxylic acids is 1. The molecule has 206 valence electrons. The third-order valence-corrected chi connectivity index (χ3v) is 7.64. The molecule has 8 nitrogen and oxygen atoms in total. The number of carbonyl (C=O) groups is 2. The Morgan fingerprint density at radius 3 is 2.49 bits per heavy atom. The predicted octanol–water partition coefficient (Wildman–Crippen LogP) is 4.55. The smallest absolute Gasteiger partial charge is 0.313 e. The Hall–Kier alpha value is -3.76. The number of hydrogen-bond acceptors (Lipinski definition) is 6. The number of nitrogens with zero attached hydrogens (tertiary/aromatic N) is 2. The number of aliphatic hydroxyl groups is 1. The van der Waals surface area contributed by atoms with Gasteiger partial charge in [0, 0.05) is 17.8 Å². The molecule has 0 bridgehead atoms. The van der Waals surface area contributed by atoms with E-state index in [1.165, 1.54) is 39.1 Å².